The molecule has 0 spiro atoms. The van der Waals surface area contributed by atoms with Crippen LogP contribution in [0.25, 0.3) is 0 Å². The molecule has 5 nitrogen and oxygen atoms in total. The topological polar surface area (TPSA) is 79.0 Å². The second-order valence-corrected chi connectivity index (χ2v) is 7.67. The van der Waals surface area contributed by atoms with Gasteiger partial charge in [0, 0.05) is 41.6 Å². The maximum atomic E-state index is 15.0. The molecule has 140 valence electrons. The Morgan fingerprint density at radius 2 is 2.00 bits per heavy atom. The molecule has 1 amide bonds. The van der Waals surface area contributed by atoms with E-state index in [0.29, 0.717) is 41.1 Å². The van der Waals surface area contributed by atoms with Crippen LogP contribution in [0.1, 0.15) is 57.7 Å². The lowest BCUT2D eigenvalue weighted by Crippen LogP contribution is -2.51. The minimum atomic E-state index is -1.54. The predicted octanol–water partition coefficient (Wildman–Crippen LogP) is 3.30. The van der Waals surface area contributed by atoms with E-state index in [1.165, 1.54) is 6.07 Å². The van der Waals surface area contributed by atoms with Gasteiger partial charge in [0.05, 0.1) is 0 Å². The molecule has 0 unspecified atom stereocenters. The molecule has 2 aliphatic rings. The van der Waals surface area contributed by atoms with E-state index in [9.17, 15) is 18.8 Å². The highest BCUT2D eigenvalue weighted by Gasteiger charge is 2.47. The summed E-state index contributed by atoms with van der Waals surface area (Å²) in [6, 6.07) is 7.60. The van der Waals surface area contributed by atoms with Crippen LogP contribution in [-0.4, -0.2) is 22.7 Å². The Morgan fingerprint density at radius 1 is 1.22 bits per heavy atom. The third-order valence-corrected chi connectivity index (χ3v) is 5.55. The van der Waals surface area contributed by atoms with Crippen LogP contribution in [0.3, 0.4) is 0 Å². The molecule has 1 aromatic heterocycles. The quantitative estimate of drug-likeness (QED) is 0.846. The number of carbonyl (C=O) groups is 2. The van der Waals surface area contributed by atoms with Crippen molar-refractivity contribution in [2.75, 3.05) is 0 Å². The Labute approximate surface area is 159 Å². The molecule has 0 radical (unpaired) electrons. The van der Waals surface area contributed by atoms with Crippen molar-refractivity contribution < 1.29 is 14.0 Å². The number of ketones is 1. The van der Waals surface area contributed by atoms with Gasteiger partial charge in [-0.05, 0) is 36.6 Å². The lowest BCUT2D eigenvalue weighted by atomic mass is 9.73. The van der Waals surface area contributed by atoms with Crippen LogP contribution in [0, 0.1) is 0 Å². The van der Waals surface area contributed by atoms with Crippen molar-refractivity contribution in [3.63, 3.8) is 0 Å². The Kier molecular flexibility index (Phi) is 4.38. The summed E-state index contributed by atoms with van der Waals surface area (Å²) in [7, 11) is 0. The molecule has 2 N–H and O–H groups in total. The van der Waals surface area contributed by atoms with Gasteiger partial charge in [0.15, 0.2) is 5.78 Å². The van der Waals surface area contributed by atoms with Gasteiger partial charge in [-0.3, -0.25) is 14.4 Å². The van der Waals surface area contributed by atoms with Gasteiger partial charge in [0.25, 0.3) is 11.5 Å². The number of aromatic amines is 1. The van der Waals surface area contributed by atoms with Crippen molar-refractivity contribution in [1.29, 1.82) is 0 Å². The number of Topliss-reactive ketones (excluding diaryl/α,β-unsaturated/α-hetero) is 1. The SMILES string of the molecule is O=C1CCCc2[nH]c(=O)c(C(=O)NC3CC(F)(c4cccc(Cl)c4)C3)cc21. The summed E-state index contributed by atoms with van der Waals surface area (Å²) < 4.78 is 15.0. The molecule has 2 aromatic rings. The fourth-order valence-corrected chi connectivity index (χ4v) is 4.02. The van der Waals surface area contributed by atoms with Gasteiger partial charge in [-0.25, -0.2) is 4.39 Å². The molecule has 4 rings (SSSR count). The summed E-state index contributed by atoms with van der Waals surface area (Å²) in [4.78, 5) is 39.3. The van der Waals surface area contributed by atoms with Gasteiger partial charge in [-0.15, -0.1) is 0 Å². The smallest absolute Gasteiger partial charge is 0.261 e. The molecular formula is C20H18ClFN2O3. The van der Waals surface area contributed by atoms with E-state index in [0.717, 1.165) is 0 Å². The maximum Gasteiger partial charge on any atom is 0.261 e. The molecule has 0 atom stereocenters. The molecule has 7 heteroatoms. The minimum Gasteiger partial charge on any atom is -0.349 e. The number of fused-ring (bicyclic) bond motifs is 1. The molecule has 0 saturated heterocycles. The normalized spacial score (nSPS) is 24.1. The number of nitrogens with one attached hydrogen (secondary N) is 2. The summed E-state index contributed by atoms with van der Waals surface area (Å²) in [5.41, 5.74) is -0.706. The standard InChI is InChI=1S/C20H18ClFN2O3/c21-12-4-1-3-11(7-12)20(22)9-13(10-20)23-18(26)15-8-14-16(24-19(15)27)5-2-6-17(14)25/h1,3-4,7-8,13H,2,5-6,9-10H2,(H,23,26)(H,24,27). The number of hydrogen-bond acceptors (Lipinski definition) is 3. The zero-order valence-electron chi connectivity index (χ0n) is 14.5. The monoisotopic (exact) mass is 388 g/mol. The summed E-state index contributed by atoms with van der Waals surface area (Å²) in [5, 5.41) is 3.15. The van der Waals surface area contributed by atoms with Crippen molar-refractivity contribution in [2.24, 2.45) is 0 Å². The summed E-state index contributed by atoms with van der Waals surface area (Å²) in [5.74, 6) is -0.663. The highest BCUT2D eigenvalue weighted by Crippen LogP contribution is 2.45. The van der Waals surface area contributed by atoms with Crippen LogP contribution >= 0.6 is 11.6 Å². The van der Waals surface area contributed by atoms with Crippen LogP contribution in [0.5, 0.6) is 0 Å². The minimum absolute atomic E-state index is 0.0751. The van der Waals surface area contributed by atoms with Crippen LogP contribution in [-0.2, 0) is 12.1 Å². The number of carbonyl (C=O) groups excluding carboxylic acids is 2. The van der Waals surface area contributed by atoms with E-state index in [1.807, 2.05) is 0 Å². The molecule has 1 heterocycles. The second kappa shape index (κ2) is 6.60. The van der Waals surface area contributed by atoms with Crippen LogP contribution in [0.15, 0.2) is 35.1 Å². The fourth-order valence-electron chi connectivity index (χ4n) is 3.83. The number of aryl methyl sites for hydroxylation is 1. The van der Waals surface area contributed by atoms with Crippen molar-refractivity contribution in [3.8, 4) is 0 Å². The largest absolute Gasteiger partial charge is 0.349 e. The molecule has 0 aliphatic heterocycles. The van der Waals surface area contributed by atoms with Gasteiger partial charge < -0.3 is 10.3 Å². The average molecular weight is 389 g/mol. The highest BCUT2D eigenvalue weighted by molar-refractivity contribution is 6.30. The van der Waals surface area contributed by atoms with E-state index < -0.39 is 17.1 Å². The van der Waals surface area contributed by atoms with E-state index in [-0.39, 0.29) is 30.2 Å². The number of halogens is 2. The summed E-state index contributed by atoms with van der Waals surface area (Å²) >= 11 is 5.92. The first-order valence-corrected chi connectivity index (χ1v) is 9.29. The van der Waals surface area contributed by atoms with Gasteiger partial charge >= 0.3 is 0 Å². The number of amides is 1. The van der Waals surface area contributed by atoms with Gasteiger partial charge in [0.1, 0.15) is 11.2 Å². The molecule has 1 aromatic carbocycles. The molecule has 1 saturated carbocycles. The number of pyridine rings is 1. The highest BCUT2D eigenvalue weighted by atomic mass is 35.5. The van der Waals surface area contributed by atoms with Crippen molar-refractivity contribution in [1.82, 2.24) is 10.3 Å². The molecule has 0 bridgehead atoms. The Balaban J connectivity index is 1.47. The number of alkyl halides is 1. The Hall–Kier alpha value is -2.47. The van der Waals surface area contributed by atoms with E-state index >= 15 is 0 Å². The Bertz CT molecular complexity index is 995. The van der Waals surface area contributed by atoms with Gasteiger partial charge in [-0.2, -0.15) is 0 Å². The van der Waals surface area contributed by atoms with Crippen LogP contribution in [0.4, 0.5) is 4.39 Å². The zero-order valence-corrected chi connectivity index (χ0v) is 15.2. The predicted molar refractivity (Wildman–Crippen MR) is 99.1 cm³/mol. The van der Waals surface area contributed by atoms with Crippen molar-refractivity contribution >= 4 is 23.3 Å². The summed E-state index contributed by atoms with van der Waals surface area (Å²) in [6.45, 7) is 0. The van der Waals surface area contributed by atoms with Gasteiger partial charge in [0.2, 0.25) is 0 Å². The third-order valence-electron chi connectivity index (χ3n) is 5.32. The average Bonchev–Trinajstić information content (AvgIpc) is 2.60. The molecular weight excluding hydrogens is 371 g/mol. The number of benzene rings is 1. The maximum absolute atomic E-state index is 15.0. The fraction of sp³-hybridized carbons (Fsp3) is 0.350. The number of H-pyrrole nitrogens is 1. The lowest BCUT2D eigenvalue weighted by molar-refractivity contribution is 0.0247. The third kappa shape index (κ3) is 3.30. The lowest BCUT2D eigenvalue weighted by Gasteiger charge is -2.42. The van der Waals surface area contributed by atoms with Crippen molar-refractivity contribution in [2.45, 2.75) is 43.8 Å². The van der Waals surface area contributed by atoms with Crippen LogP contribution in [0.2, 0.25) is 5.02 Å². The van der Waals surface area contributed by atoms with E-state index in [1.54, 1.807) is 24.3 Å². The first-order chi connectivity index (χ1) is 12.9. The number of hydrogen-bond donors (Lipinski definition) is 2. The second-order valence-electron chi connectivity index (χ2n) is 7.24. The molecule has 1 fully saturated rings. The van der Waals surface area contributed by atoms with Crippen molar-refractivity contribution in [3.05, 3.63) is 68.1 Å². The summed E-state index contributed by atoms with van der Waals surface area (Å²) in [6.07, 6.45) is 1.94. The first kappa shape index (κ1) is 17.9. The number of aromatic nitrogens is 1. The van der Waals surface area contributed by atoms with E-state index in [2.05, 4.69) is 10.3 Å². The zero-order chi connectivity index (χ0) is 19.2. The van der Waals surface area contributed by atoms with Gasteiger partial charge in [-0.1, -0.05) is 23.7 Å². The Morgan fingerprint density at radius 3 is 2.74 bits per heavy atom. The van der Waals surface area contributed by atoms with E-state index in [4.69, 9.17) is 11.6 Å². The number of rotatable bonds is 3. The van der Waals surface area contributed by atoms with Crippen LogP contribution < -0.4 is 10.9 Å². The molecule has 2 aliphatic carbocycles. The molecule has 27 heavy (non-hydrogen) atoms. The first-order valence-electron chi connectivity index (χ1n) is 8.91.